The normalized spacial score (nSPS) is 12.3. The summed E-state index contributed by atoms with van der Waals surface area (Å²) < 4.78 is 67.7. The molecule has 0 saturated heterocycles. The van der Waals surface area contributed by atoms with Crippen molar-refractivity contribution in [2.24, 2.45) is 7.05 Å². The molecule has 2 aromatic heterocycles. The van der Waals surface area contributed by atoms with E-state index >= 15 is 0 Å². The Hall–Kier alpha value is -2.17. The molecule has 5 nitrogen and oxygen atoms in total. The minimum absolute atomic E-state index is 0.0824. The van der Waals surface area contributed by atoms with Crippen LogP contribution < -0.4 is 10.3 Å². The van der Waals surface area contributed by atoms with Crippen LogP contribution in [0.15, 0.2) is 34.2 Å². The average Bonchev–Trinajstić information content (AvgIpc) is 2.56. The molecule has 11 heteroatoms. The highest BCUT2D eigenvalue weighted by atomic mass is 32.2. The van der Waals surface area contributed by atoms with Crippen LogP contribution in [0.4, 0.5) is 22.0 Å². The summed E-state index contributed by atoms with van der Waals surface area (Å²) in [7, 11) is 1.16. The number of rotatable bonds is 6. The van der Waals surface area contributed by atoms with E-state index in [2.05, 4.69) is 14.7 Å². The van der Waals surface area contributed by atoms with Gasteiger partial charge in [0.25, 0.3) is 11.6 Å². The first-order valence-electron chi connectivity index (χ1n) is 7.30. The number of pyridine rings is 1. The van der Waals surface area contributed by atoms with E-state index in [-0.39, 0.29) is 5.56 Å². The second-order valence-electron chi connectivity index (χ2n) is 5.09. The van der Waals surface area contributed by atoms with Crippen LogP contribution in [0.1, 0.15) is 6.92 Å². The van der Waals surface area contributed by atoms with Crippen molar-refractivity contribution in [3.8, 4) is 17.3 Å². The Kier molecular flexibility index (Phi) is 5.89. The van der Waals surface area contributed by atoms with E-state index in [1.165, 1.54) is 18.0 Å². The summed E-state index contributed by atoms with van der Waals surface area (Å²) in [5.41, 5.74) is -0.249. The molecule has 0 radical (unpaired) electrons. The van der Waals surface area contributed by atoms with Gasteiger partial charge in [0, 0.05) is 24.3 Å². The minimum atomic E-state index is -5.76. The van der Waals surface area contributed by atoms with Gasteiger partial charge in [-0.05, 0) is 17.9 Å². The summed E-state index contributed by atoms with van der Waals surface area (Å²) in [6.07, 6.45) is -3.24. The molecule has 0 aliphatic rings. The largest absolute Gasteiger partial charge is 0.458 e. The molecule has 0 saturated carbocycles. The highest BCUT2D eigenvalue weighted by molar-refractivity contribution is 7.99. The van der Waals surface area contributed by atoms with Gasteiger partial charge in [-0.25, -0.2) is 4.98 Å². The third-order valence-corrected chi connectivity index (χ3v) is 4.18. The van der Waals surface area contributed by atoms with Crippen molar-refractivity contribution in [3.63, 3.8) is 0 Å². The summed E-state index contributed by atoms with van der Waals surface area (Å²) in [6.45, 7) is -0.0633. The summed E-state index contributed by atoms with van der Waals surface area (Å²) >= 11 is 1.44. The second-order valence-corrected chi connectivity index (χ2v) is 6.40. The van der Waals surface area contributed by atoms with E-state index in [1.807, 2.05) is 6.92 Å². The fraction of sp³-hybridized carbons (Fsp3) is 0.400. The lowest BCUT2D eigenvalue weighted by Crippen LogP contribution is -2.42. The lowest BCUT2D eigenvalue weighted by molar-refractivity contribution is -0.290. The summed E-state index contributed by atoms with van der Waals surface area (Å²) in [6, 6.07) is 2.80. The molecule has 0 amide bonds. The van der Waals surface area contributed by atoms with Gasteiger partial charge in [0.15, 0.2) is 6.61 Å². The van der Waals surface area contributed by atoms with Crippen LogP contribution in [0.3, 0.4) is 0 Å². The Bertz CT molecular complexity index is 839. The van der Waals surface area contributed by atoms with E-state index in [4.69, 9.17) is 0 Å². The average molecular weight is 395 g/mol. The number of hydrogen-bond donors (Lipinski definition) is 0. The van der Waals surface area contributed by atoms with Crippen molar-refractivity contribution < 1.29 is 26.7 Å². The van der Waals surface area contributed by atoms with Crippen LogP contribution in [-0.2, 0) is 7.05 Å². The summed E-state index contributed by atoms with van der Waals surface area (Å²) in [5, 5.41) is 0. The van der Waals surface area contributed by atoms with E-state index in [9.17, 15) is 26.7 Å². The fourth-order valence-corrected chi connectivity index (χ4v) is 2.71. The zero-order chi connectivity index (χ0) is 19.5. The Morgan fingerprint density at radius 1 is 1.23 bits per heavy atom. The van der Waals surface area contributed by atoms with Crippen LogP contribution in [0.2, 0.25) is 0 Å². The third kappa shape index (κ3) is 4.14. The summed E-state index contributed by atoms with van der Waals surface area (Å²) in [5.74, 6) is -4.34. The quantitative estimate of drug-likeness (QED) is 0.553. The van der Waals surface area contributed by atoms with Crippen LogP contribution in [0.25, 0.3) is 11.3 Å². The van der Waals surface area contributed by atoms with Crippen molar-refractivity contribution in [2.45, 2.75) is 23.9 Å². The molecule has 0 fully saturated rings. The first-order chi connectivity index (χ1) is 12.1. The first kappa shape index (κ1) is 20.1. The monoisotopic (exact) mass is 395 g/mol. The van der Waals surface area contributed by atoms with Gasteiger partial charge in [0.1, 0.15) is 0 Å². The number of aromatic nitrogens is 3. The molecular formula is C15H14F5N3O2S. The molecule has 0 atom stereocenters. The van der Waals surface area contributed by atoms with Gasteiger partial charge < -0.3 is 4.74 Å². The molecule has 142 valence electrons. The SMILES string of the molecule is CCSc1cccnc1-c1cnc(OCC(F)(F)C(F)(F)F)n(C)c1=O. The Balaban J connectivity index is 2.34. The topological polar surface area (TPSA) is 57.0 Å². The zero-order valence-electron chi connectivity index (χ0n) is 13.7. The Labute approximate surface area is 149 Å². The molecule has 0 N–H and O–H groups in total. The van der Waals surface area contributed by atoms with Gasteiger partial charge in [-0.15, -0.1) is 11.8 Å². The van der Waals surface area contributed by atoms with Crippen molar-refractivity contribution in [3.05, 3.63) is 34.9 Å². The molecular weight excluding hydrogens is 381 g/mol. The van der Waals surface area contributed by atoms with Crippen LogP contribution in [0.5, 0.6) is 6.01 Å². The van der Waals surface area contributed by atoms with Crippen molar-refractivity contribution >= 4 is 11.8 Å². The van der Waals surface area contributed by atoms with Crippen molar-refractivity contribution in [2.75, 3.05) is 12.4 Å². The van der Waals surface area contributed by atoms with E-state index in [0.717, 1.165) is 23.6 Å². The van der Waals surface area contributed by atoms with Gasteiger partial charge in [-0.1, -0.05) is 6.92 Å². The molecule has 0 unspecified atom stereocenters. The maximum Gasteiger partial charge on any atom is 0.456 e. The van der Waals surface area contributed by atoms with Crippen molar-refractivity contribution in [1.29, 1.82) is 0 Å². The molecule has 2 aromatic rings. The molecule has 2 rings (SSSR count). The van der Waals surface area contributed by atoms with Gasteiger partial charge in [-0.3, -0.25) is 14.3 Å². The molecule has 2 heterocycles. The highest BCUT2D eigenvalue weighted by Gasteiger charge is 2.58. The number of ether oxygens (including phenoxy) is 1. The number of nitrogens with zero attached hydrogens (tertiary/aromatic N) is 3. The first-order valence-corrected chi connectivity index (χ1v) is 8.28. The predicted molar refractivity (Wildman–Crippen MR) is 85.6 cm³/mol. The Morgan fingerprint density at radius 3 is 2.54 bits per heavy atom. The van der Waals surface area contributed by atoms with E-state index in [0.29, 0.717) is 10.6 Å². The Morgan fingerprint density at radius 2 is 1.92 bits per heavy atom. The lowest BCUT2D eigenvalue weighted by atomic mass is 10.2. The standard InChI is InChI=1S/C15H14F5N3O2S/c1-3-26-10-5-4-6-21-11(10)9-7-22-13(23(2)12(9)24)25-8-14(16,17)15(18,19)20/h4-7H,3,8H2,1-2H3. The maximum absolute atomic E-state index is 13.0. The smallest absolute Gasteiger partial charge is 0.456 e. The fourth-order valence-electron chi connectivity index (χ4n) is 1.93. The van der Waals surface area contributed by atoms with E-state index in [1.54, 1.807) is 12.1 Å². The number of halogens is 5. The van der Waals surface area contributed by atoms with Crippen LogP contribution in [0, 0.1) is 0 Å². The molecule has 0 aromatic carbocycles. The summed E-state index contributed by atoms with van der Waals surface area (Å²) in [4.78, 5) is 21.0. The van der Waals surface area contributed by atoms with Crippen molar-refractivity contribution in [1.82, 2.24) is 14.5 Å². The van der Waals surface area contributed by atoms with Crippen LogP contribution in [-0.4, -0.2) is 39.0 Å². The molecule has 0 aliphatic heterocycles. The van der Waals surface area contributed by atoms with Crippen LogP contribution >= 0.6 is 11.8 Å². The van der Waals surface area contributed by atoms with Gasteiger partial charge in [-0.2, -0.15) is 22.0 Å². The predicted octanol–water partition coefficient (Wildman–Crippen LogP) is 3.53. The number of thioether (sulfide) groups is 1. The third-order valence-electron chi connectivity index (χ3n) is 3.25. The van der Waals surface area contributed by atoms with Gasteiger partial charge in [0.2, 0.25) is 0 Å². The molecule has 0 aliphatic carbocycles. The molecule has 26 heavy (non-hydrogen) atoms. The minimum Gasteiger partial charge on any atom is -0.458 e. The van der Waals surface area contributed by atoms with Gasteiger partial charge in [0.05, 0.1) is 11.3 Å². The zero-order valence-corrected chi connectivity index (χ0v) is 14.5. The second kappa shape index (κ2) is 7.60. The van der Waals surface area contributed by atoms with E-state index < -0.39 is 30.3 Å². The maximum atomic E-state index is 13.0. The van der Waals surface area contributed by atoms with Gasteiger partial charge >= 0.3 is 12.1 Å². The molecule has 0 spiro atoms. The lowest BCUT2D eigenvalue weighted by Gasteiger charge is -2.20. The number of alkyl halides is 5. The molecule has 0 bridgehead atoms. The highest BCUT2D eigenvalue weighted by Crippen LogP contribution is 2.35. The number of hydrogen-bond acceptors (Lipinski definition) is 5.